The fraction of sp³-hybridized carbons (Fsp3) is 0.778. The quantitative estimate of drug-likeness (QED) is 0.286. The summed E-state index contributed by atoms with van der Waals surface area (Å²) >= 11 is 0. The van der Waals surface area contributed by atoms with Crippen LogP contribution in [0.4, 0.5) is 4.79 Å². The highest BCUT2D eigenvalue weighted by Crippen LogP contribution is 2.21. The van der Waals surface area contributed by atoms with Gasteiger partial charge in [0.25, 0.3) is 5.91 Å². The van der Waals surface area contributed by atoms with E-state index < -0.39 is 42.0 Å². The van der Waals surface area contributed by atoms with E-state index in [9.17, 15) is 24.3 Å². The molecule has 0 aromatic heterocycles. The van der Waals surface area contributed by atoms with Crippen molar-refractivity contribution < 1.29 is 29.4 Å². The van der Waals surface area contributed by atoms with Gasteiger partial charge in [0.15, 0.2) is 6.10 Å². The van der Waals surface area contributed by atoms with Gasteiger partial charge < -0.3 is 31.5 Å². The Balaban J connectivity index is 2.08. The number of hydrogen-bond donors (Lipinski definition) is 6. The molecule has 2 fully saturated rings. The van der Waals surface area contributed by atoms with Crippen LogP contribution in [-0.2, 0) is 14.4 Å². The number of nitrogens with one attached hydrogen (secondary N) is 4. The molecule has 158 valence electrons. The Hall–Kier alpha value is -2.36. The van der Waals surface area contributed by atoms with Crippen molar-refractivity contribution in [1.29, 1.82) is 0 Å². The fourth-order valence-electron chi connectivity index (χ4n) is 3.28. The summed E-state index contributed by atoms with van der Waals surface area (Å²) in [6.45, 7) is 4.20. The molecule has 0 aromatic rings. The molecule has 0 radical (unpaired) electrons. The molecule has 2 aliphatic rings. The first kappa shape index (κ1) is 21.9. The number of carboxylic acid groups (broad SMARTS) is 1. The van der Waals surface area contributed by atoms with Crippen molar-refractivity contribution in [3.63, 3.8) is 0 Å². The van der Waals surface area contributed by atoms with E-state index in [2.05, 4.69) is 21.3 Å². The van der Waals surface area contributed by atoms with E-state index in [4.69, 9.17) is 5.11 Å². The number of rotatable bonds is 10. The van der Waals surface area contributed by atoms with E-state index in [1.165, 1.54) is 0 Å². The van der Waals surface area contributed by atoms with Crippen LogP contribution in [0, 0.1) is 11.8 Å². The Morgan fingerprint density at radius 2 is 1.82 bits per heavy atom. The highest BCUT2D eigenvalue weighted by molar-refractivity contribution is 5.88. The summed E-state index contributed by atoms with van der Waals surface area (Å²) in [4.78, 5) is 47.9. The van der Waals surface area contributed by atoms with Crippen molar-refractivity contribution in [3.05, 3.63) is 0 Å². The second kappa shape index (κ2) is 9.72. The Morgan fingerprint density at radius 3 is 2.32 bits per heavy atom. The summed E-state index contributed by atoms with van der Waals surface area (Å²) in [7, 11) is 0. The normalized spacial score (nSPS) is 22.1. The van der Waals surface area contributed by atoms with Crippen molar-refractivity contribution >= 4 is 23.8 Å². The number of carbonyl (C=O) groups excluding carboxylic acids is 3. The first-order valence-electron chi connectivity index (χ1n) is 9.73. The van der Waals surface area contributed by atoms with E-state index in [1.807, 2.05) is 13.8 Å². The topological polar surface area (TPSA) is 157 Å². The van der Waals surface area contributed by atoms with Crippen LogP contribution in [0.2, 0.25) is 0 Å². The Morgan fingerprint density at radius 1 is 1.14 bits per heavy atom. The zero-order chi connectivity index (χ0) is 20.8. The summed E-state index contributed by atoms with van der Waals surface area (Å²) in [5.41, 5.74) is 0. The molecule has 10 heteroatoms. The van der Waals surface area contributed by atoms with E-state index in [-0.39, 0.29) is 30.7 Å². The standard InChI is InChI=1S/C18H30N4O6/c1-9(2)7-13(22-18(27)28)16(25)21-12(8-10-5-6-19-15(10)24)14(23)17(26)20-11-3-4-11/h9-14,22-23H,3-8H2,1-2H3,(H,19,24)(H,20,26)(H,21,25)(H,27,28)/t10-,12-,13-,14?/m0/s1. The number of amides is 4. The third kappa shape index (κ3) is 6.66. The molecule has 1 aliphatic carbocycles. The van der Waals surface area contributed by atoms with Crippen LogP contribution in [0.5, 0.6) is 0 Å². The lowest BCUT2D eigenvalue weighted by atomic mass is 9.93. The molecule has 1 unspecified atom stereocenters. The maximum atomic E-state index is 12.7. The van der Waals surface area contributed by atoms with Crippen LogP contribution >= 0.6 is 0 Å². The van der Waals surface area contributed by atoms with Gasteiger partial charge in [0.2, 0.25) is 11.8 Å². The first-order chi connectivity index (χ1) is 13.2. The molecule has 0 aromatic carbocycles. The fourth-order valence-corrected chi connectivity index (χ4v) is 3.28. The minimum Gasteiger partial charge on any atom is -0.465 e. The summed E-state index contributed by atoms with van der Waals surface area (Å²) in [5.74, 6) is -1.79. The minimum absolute atomic E-state index is 0.0376. The lowest BCUT2D eigenvalue weighted by Crippen LogP contribution is -2.56. The van der Waals surface area contributed by atoms with Gasteiger partial charge in [-0.25, -0.2) is 4.79 Å². The van der Waals surface area contributed by atoms with Crippen LogP contribution in [0.25, 0.3) is 0 Å². The van der Waals surface area contributed by atoms with Crippen molar-refractivity contribution in [2.45, 2.75) is 70.2 Å². The second-order valence-corrected chi connectivity index (χ2v) is 7.99. The zero-order valence-corrected chi connectivity index (χ0v) is 16.2. The molecule has 4 atom stereocenters. The van der Waals surface area contributed by atoms with Gasteiger partial charge in [-0.3, -0.25) is 14.4 Å². The molecule has 10 nitrogen and oxygen atoms in total. The Labute approximate surface area is 163 Å². The number of aliphatic hydroxyl groups excluding tert-OH is 1. The first-order valence-corrected chi connectivity index (χ1v) is 9.73. The molecule has 1 heterocycles. The van der Waals surface area contributed by atoms with E-state index in [0.717, 1.165) is 12.8 Å². The lowest BCUT2D eigenvalue weighted by molar-refractivity contribution is -0.134. The highest BCUT2D eigenvalue weighted by atomic mass is 16.4. The molecule has 4 amide bonds. The molecular weight excluding hydrogens is 368 g/mol. The lowest BCUT2D eigenvalue weighted by Gasteiger charge is -2.28. The minimum atomic E-state index is -1.53. The Bertz CT molecular complexity index is 607. The van der Waals surface area contributed by atoms with Crippen molar-refractivity contribution in [2.24, 2.45) is 11.8 Å². The molecule has 1 aliphatic heterocycles. The predicted octanol–water partition coefficient (Wildman–Crippen LogP) is -0.681. The predicted molar refractivity (Wildman–Crippen MR) is 99.2 cm³/mol. The number of carbonyl (C=O) groups is 4. The summed E-state index contributed by atoms with van der Waals surface area (Å²) in [6.07, 6.45) is -0.261. The second-order valence-electron chi connectivity index (χ2n) is 7.99. The molecular formula is C18H30N4O6. The highest BCUT2D eigenvalue weighted by Gasteiger charge is 2.37. The van der Waals surface area contributed by atoms with Crippen LogP contribution in [0.1, 0.15) is 46.0 Å². The average molecular weight is 398 g/mol. The van der Waals surface area contributed by atoms with E-state index in [1.54, 1.807) is 0 Å². The maximum absolute atomic E-state index is 12.7. The molecule has 0 spiro atoms. The third-order valence-electron chi connectivity index (χ3n) is 4.92. The van der Waals surface area contributed by atoms with Gasteiger partial charge in [-0.15, -0.1) is 0 Å². The largest absolute Gasteiger partial charge is 0.465 e. The van der Waals surface area contributed by atoms with Gasteiger partial charge in [0.05, 0.1) is 6.04 Å². The average Bonchev–Trinajstić information content (AvgIpc) is 3.32. The summed E-state index contributed by atoms with van der Waals surface area (Å²) in [6, 6.07) is -1.97. The molecule has 1 saturated carbocycles. The van der Waals surface area contributed by atoms with Gasteiger partial charge in [0.1, 0.15) is 6.04 Å². The van der Waals surface area contributed by atoms with Crippen LogP contribution in [0.3, 0.4) is 0 Å². The molecule has 2 rings (SSSR count). The van der Waals surface area contributed by atoms with Gasteiger partial charge in [-0.05, 0) is 38.0 Å². The van der Waals surface area contributed by atoms with E-state index >= 15 is 0 Å². The summed E-state index contributed by atoms with van der Waals surface area (Å²) < 4.78 is 0. The smallest absolute Gasteiger partial charge is 0.405 e. The van der Waals surface area contributed by atoms with Crippen LogP contribution in [-0.4, -0.2) is 64.8 Å². The van der Waals surface area contributed by atoms with Crippen LogP contribution < -0.4 is 21.3 Å². The van der Waals surface area contributed by atoms with Gasteiger partial charge in [-0.2, -0.15) is 0 Å². The SMILES string of the molecule is CC(C)C[C@H](NC(=O)O)C(=O)N[C@@H](C[C@@H]1CCNC1=O)C(O)C(=O)NC1CC1. The van der Waals surface area contributed by atoms with Crippen molar-refractivity contribution in [3.8, 4) is 0 Å². The maximum Gasteiger partial charge on any atom is 0.405 e. The number of hydrogen-bond acceptors (Lipinski definition) is 5. The molecule has 0 bridgehead atoms. The number of aliphatic hydroxyl groups is 1. The molecule has 28 heavy (non-hydrogen) atoms. The van der Waals surface area contributed by atoms with E-state index in [0.29, 0.717) is 13.0 Å². The Kier molecular flexibility index (Phi) is 7.61. The molecule has 1 saturated heterocycles. The van der Waals surface area contributed by atoms with Crippen molar-refractivity contribution in [2.75, 3.05) is 6.54 Å². The zero-order valence-electron chi connectivity index (χ0n) is 16.2. The van der Waals surface area contributed by atoms with Crippen LogP contribution in [0.15, 0.2) is 0 Å². The monoisotopic (exact) mass is 398 g/mol. The van der Waals surface area contributed by atoms with Gasteiger partial charge >= 0.3 is 6.09 Å². The summed E-state index contributed by atoms with van der Waals surface area (Å²) in [5, 5.41) is 29.6. The molecule has 6 N–H and O–H groups in total. The van der Waals surface area contributed by atoms with Gasteiger partial charge in [-0.1, -0.05) is 13.8 Å². The van der Waals surface area contributed by atoms with Gasteiger partial charge in [0, 0.05) is 18.5 Å². The van der Waals surface area contributed by atoms with Crippen molar-refractivity contribution in [1.82, 2.24) is 21.3 Å². The third-order valence-corrected chi connectivity index (χ3v) is 4.92.